The minimum absolute atomic E-state index is 0.0718. The highest BCUT2D eigenvalue weighted by Gasteiger charge is 2.38. The van der Waals surface area contributed by atoms with Crippen LogP contribution in [0, 0.1) is 5.92 Å². The largest absolute Gasteiger partial charge is 0.469 e. The van der Waals surface area contributed by atoms with E-state index in [1.165, 1.54) is 7.11 Å². The van der Waals surface area contributed by atoms with Crippen molar-refractivity contribution in [3.8, 4) is 0 Å². The van der Waals surface area contributed by atoms with Crippen LogP contribution in [0.25, 0.3) is 0 Å². The highest BCUT2D eigenvalue weighted by atomic mass is 19.4. The van der Waals surface area contributed by atoms with Crippen LogP contribution in [0.1, 0.15) is 25.7 Å². The summed E-state index contributed by atoms with van der Waals surface area (Å²) in [5.74, 6) is -0.218. The number of methoxy groups -OCH3 is 1. The molecule has 2 atom stereocenters. The zero-order chi connectivity index (χ0) is 14.8. The van der Waals surface area contributed by atoms with Gasteiger partial charge in [0.25, 0.3) is 0 Å². The minimum atomic E-state index is -4.19. The SMILES string of the molecule is COC(=O)CC1CC(NCC(F)(F)F)CN(C2CC2)C1. The van der Waals surface area contributed by atoms with Gasteiger partial charge in [0.15, 0.2) is 0 Å². The average Bonchev–Trinajstić information content (AvgIpc) is 3.19. The first-order valence-corrected chi connectivity index (χ1v) is 6.98. The molecule has 1 aliphatic carbocycles. The molecule has 4 nitrogen and oxygen atoms in total. The molecule has 0 aromatic rings. The number of halogens is 3. The quantitative estimate of drug-likeness (QED) is 0.781. The molecule has 2 fully saturated rings. The van der Waals surface area contributed by atoms with E-state index in [1.807, 2.05) is 0 Å². The lowest BCUT2D eigenvalue weighted by Gasteiger charge is -2.38. The number of nitrogens with zero attached hydrogens (tertiary/aromatic N) is 1. The van der Waals surface area contributed by atoms with Gasteiger partial charge in [-0.1, -0.05) is 0 Å². The first-order valence-electron chi connectivity index (χ1n) is 6.98. The van der Waals surface area contributed by atoms with Gasteiger partial charge in [-0.2, -0.15) is 13.2 Å². The van der Waals surface area contributed by atoms with E-state index in [0.29, 0.717) is 19.0 Å². The average molecular weight is 294 g/mol. The van der Waals surface area contributed by atoms with Crippen LogP contribution in [0.15, 0.2) is 0 Å². The highest BCUT2D eigenvalue weighted by molar-refractivity contribution is 5.69. The second kappa shape index (κ2) is 6.30. The summed E-state index contributed by atoms with van der Waals surface area (Å²) >= 11 is 0. The fraction of sp³-hybridized carbons (Fsp3) is 0.923. The Bertz CT molecular complexity index is 345. The molecular weight excluding hydrogens is 273 g/mol. The van der Waals surface area contributed by atoms with Crippen molar-refractivity contribution in [2.24, 2.45) is 5.92 Å². The first-order chi connectivity index (χ1) is 9.37. The number of hydrogen-bond donors (Lipinski definition) is 1. The van der Waals surface area contributed by atoms with Gasteiger partial charge in [0.05, 0.1) is 13.7 Å². The van der Waals surface area contributed by atoms with Crippen molar-refractivity contribution in [3.05, 3.63) is 0 Å². The summed E-state index contributed by atoms with van der Waals surface area (Å²) in [4.78, 5) is 13.6. The van der Waals surface area contributed by atoms with Crippen molar-refractivity contribution < 1.29 is 22.7 Å². The lowest BCUT2D eigenvalue weighted by Crippen LogP contribution is -2.52. The van der Waals surface area contributed by atoms with Gasteiger partial charge in [0.2, 0.25) is 0 Å². The van der Waals surface area contributed by atoms with Crippen LogP contribution in [0.2, 0.25) is 0 Å². The molecule has 0 spiro atoms. The van der Waals surface area contributed by atoms with E-state index in [2.05, 4.69) is 15.0 Å². The van der Waals surface area contributed by atoms with Gasteiger partial charge in [-0.15, -0.1) is 0 Å². The standard InChI is InChI=1S/C13H21F3N2O2/c1-20-12(19)5-9-4-10(17-8-13(14,15)16)7-18(6-9)11-2-3-11/h9-11,17H,2-8H2,1H3. The fourth-order valence-electron chi connectivity index (χ4n) is 2.85. The summed E-state index contributed by atoms with van der Waals surface area (Å²) in [6.07, 6.45) is -1.11. The first kappa shape index (κ1) is 15.6. The van der Waals surface area contributed by atoms with Gasteiger partial charge in [-0.05, 0) is 25.2 Å². The Hall–Kier alpha value is -0.820. The van der Waals surface area contributed by atoms with E-state index in [1.54, 1.807) is 0 Å². The van der Waals surface area contributed by atoms with Gasteiger partial charge >= 0.3 is 12.1 Å². The molecule has 20 heavy (non-hydrogen) atoms. The lowest BCUT2D eigenvalue weighted by atomic mass is 9.91. The number of ether oxygens (including phenoxy) is 1. The van der Waals surface area contributed by atoms with Crippen LogP contribution in [-0.2, 0) is 9.53 Å². The van der Waals surface area contributed by atoms with Gasteiger partial charge in [-0.25, -0.2) is 0 Å². The Labute approximate surface area is 116 Å². The van der Waals surface area contributed by atoms with Crippen LogP contribution >= 0.6 is 0 Å². The molecule has 2 aliphatic rings. The van der Waals surface area contributed by atoms with Gasteiger partial charge in [-0.3, -0.25) is 9.69 Å². The number of carbonyl (C=O) groups excluding carboxylic acids is 1. The number of hydrogen-bond acceptors (Lipinski definition) is 4. The Morgan fingerprint density at radius 3 is 2.60 bits per heavy atom. The fourth-order valence-corrected chi connectivity index (χ4v) is 2.85. The van der Waals surface area contributed by atoms with E-state index < -0.39 is 12.7 Å². The number of rotatable bonds is 5. The number of esters is 1. The smallest absolute Gasteiger partial charge is 0.401 e. The molecular formula is C13H21F3N2O2. The monoisotopic (exact) mass is 294 g/mol. The molecule has 0 aromatic carbocycles. The van der Waals surface area contributed by atoms with Crippen LogP contribution in [-0.4, -0.2) is 55.9 Å². The Kier molecular flexibility index (Phi) is 4.90. The molecule has 1 N–H and O–H groups in total. The molecule has 116 valence electrons. The van der Waals surface area contributed by atoms with Crippen molar-refractivity contribution in [1.29, 1.82) is 0 Å². The summed E-state index contributed by atoms with van der Waals surface area (Å²) < 4.78 is 41.5. The van der Waals surface area contributed by atoms with Crippen LogP contribution < -0.4 is 5.32 Å². The zero-order valence-electron chi connectivity index (χ0n) is 11.6. The molecule has 0 amide bonds. The third-order valence-corrected chi connectivity index (χ3v) is 3.90. The summed E-state index contributed by atoms with van der Waals surface area (Å²) in [7, 11) is 1.34. The number of alkyl halides is 3. The normalized spacial score (nSPS) is 28.4. The molecule has 7 heteroatoms. The van der Waals surface area contributed by atoms with E-state index in [4.69, 9.17) is 0 Å². The number of piperidine rings is 1. The van der Waals surface area contributed by atoms with Crippen LogP contribution in [0.4, 0.5) is 13.2 Å². The Morgan fingerprint density at radius 1 is 1.35 bits per heavy atom. The molecule has 0 aromatic heterocycles. The Morgan fingerprint density at radius 2 is 2.05 bits per heavy atom. The van der Waals surface area contributed by atoms with Crippen molar-refractivity contribution in [2.75, 3.05) is 26.7 Å². The van der Waals surface area contributed by atoms with E-state index >= 15 is 0 Å². The zero-order valence-corrected chi connectivity index (χ0v) is 11.6. The molecule has 1 heterocycles. The van der Waals surface area contributed by atoms with Crippen molar-refractivity contribution in [3.63, 3.8) is 0 Å². The molecule has 1 saturated heterocycles. The molecule has 1 aliphatic heterocycles. The minimum Gasteiger partial charge on any atom is -0.469 e. The summed E-state index contributed by atoms with van der Waals surface area (Å²) in [5.41, 5.74) is 0. The van der Waals surface area contributed by atoms with Crippen molar-refractivity contribution >= 4 is 5.97 Å². The van der Waals surface area contributed by atoms with E-state index in [-0.39, 0.29) is 24.3 Å². The van der Waals surface area contributed by atoms with Gasteiger partial charge in [0.1, 0.15) is 0 Å². The lowest BCUT2D eigenvalue weighted by molar-refractivity contribution is -0.142. The summed E-state index contributed by atoms with van der Waals surface area (Å²) in [5, 5.41) is 2.58. The van der Waals surface area contributed by atoms with Crippen molar-refractivity contribution in [1.82, 2.24) is 10.2 Å². The maximum atomic E-state index is 12.3. The molecule has 0 radical (unpaired) electrons. The predicted molar refractivity (Wildman–Crippen MR) is 67.2 cm³/mol. The summed E-state index contributed by atoms with van der Waals surface area (Å²) in [6.45, 7) is 0.448. The molecule has 2 unspecified atom stereocenters. The third kappa shape index (κ3) is 4.94. The van der Waals surface area contributed by atoms with Crippen molar-refractivity contribution in [2.45, 2.75) is 43.9 Å². The molecule has 0 bridgehead atoms. The maximum absolute atomic E-state index is 12.3. The van der Waals surface area contributed by atoms with Gasteiger partial charge < -0.3 is 10.1 Å². The topological polar surface area (TPSA) is 41.6 Å². The third-order valence-electron chi connectivity index (χ3n) is 3.90. The second-order valence-corrected chi connectivity index (χ2v) is 5.76. The number of likely N-dealkylation sites (tertiary alicyclic amines) is 1. The number of carbonyl (C=O) groups is 1. The Balaban J connectivity index is 1.88. The van der Waals surface area contributed by atoms with Gasteiger partial charge in [0, 0.05) is 31.6 Å². The van der Waals surface area contributed by atoms with E-state index in [0.717, 1.165) is 19.4 Å². The van der Waals surface area contributed by atoms with Crippen LogP contribution in [0.5, 0.6) is 0 Å². The second-order valence-electron chi connectivity index (χ2n) is 5.76. The molecule has 1 saturated carbocycles. The summed E-state index contributed by atoms with van der Waals surface area (Å²) in [6, 6.07) is 0.284. The van der Waals surface area contributed by atoms with Crippen LogP contribution in [0.3, 0.4) is 0 Å². The highest BCUT2D eigenvalue weighted by Crippen LogP contribution is 2.32. The maximum Gasteiger partial charge on any atom is 0.401 e. The number of nitrogens with one attached hydrogen (secondary N) is 1. The van der Waals surface area contributed by atoms with E-state index in [9.17, 15) is 18.0 Å². The predicted octanol–water partition coefficient (Wildman–Crippen LogP) is 1.55. The molecule has 2 rings (SSSR count).